The molecular weight excluding hydrogens is 380 g/mol. The van der Waals surface area contributed by atoms with Crippen molar-refractivity contribution < 1.29 is 0 Å². The minimum atomic E-state index is 0.494. The fraction of sp³-hybridized carbons (Fsp3) is 0.593. The largest absolute Gasteiger partial charge is 0.317 e. The maximum absolute atomic E-state index is 4.34. The van der Waals surface area contributed by atoms with Crippen molar-refractivity contribution in [1.29, 1.82) is 0 Å². The lowest BCUT2D eigenvalue weighted by molar-refractivity contribution is -0.0650. The van der Waals surface area contributed by atoms with Gasteiger partial charge in [0.05, 0.1) is 0 Å². The van der Waals surface area contributed by atoms with E-state index in [1.165, 1.54) is 56.4 Å². The van der Waals surface area contributed by atoms with Gasteiger partial charge in [-0.05, 0) is 72.9 Å². The molecule has 0 radical (unpaired) electrons. The molecule has 3 fully saturated rings. The SMILES string of the molecule is CC(C)c1ccccc1C1CN(Cc2cccnc2)CCN1C1CC2(CCNCC2)C1. The molecular formula is C27H38N4. The molecule has 5 rings (SSSR count). The van der Waals surface area contributed by atoms with Crippen molar-refractivity contribution in [2.75, 3.05) is 32.7 Å². The van der Waals surface area contributed by atoms with E-state index < -0.39 is 0 Å². The lowest BCUT2D eigenvalue weighted by Gasteiger charge is -2.57. The lowest BCUT2D eigenvalue weighted by Crippen LogP contribution is -2.59. The van der Waals surface area contributed by atoms with Gasteiger partial charge in [-0.15, -0.1) is 0 Å². The maximum atomic E-state index is 4.34. The number of nitrogens with one attached hydrogen (secondary N) is 1. The molecule has 1 atom stereocenters. The molecule has 1 saturated carbocycles. The summed E-state index contributed by atoms with van der Waals surface area (Å²) in [7, 11) is 0. The van der Waals surface area contributed by atoms with E-state index in [1.807, 2.05) is 12.4 Å². The molecule has 3 heterocycles. The molecule has 1 spiro atoms. The Kier molecular flexibility index (Phi) is 6.14. The van der Waals surface area contributed by atoms with Crippen LogP contribution in [0.2, 0.25) is 0 Å². The zero-order valence-electron chi connectivity index (χ0n) is 19.3. The zero-order chi connectivity index (χ0) is 21.3. The molecule has 1 aromatic heterocycles. The van der Waals surface area contributed by atoms with Crippen LogP contribution in [0.15, 0.2) is 48.8 Å². The second-order valence-corrected chi connectivity index (χ2v) is 10.4. The van der Waals surface area contributed by atoms with Gasteiger partial charge in [0.15, 0.2) is 0 Å². The molecule has 2 aromatic rings. The van der Waals surface area contributed by atoms with E-state index in [2.05, 4.69) is 70.3 Å². The van der Waals surface area contributed by atoms with Crippen molar-refractivity contribution in [3.63, 3.8) is 0 Å². The standard InChI is InChI=1S/C27H38N4/c1-21(2)24-7-3-4-8-25(24)26-20-30(19-22-6-5-11-29-18-22)14-15-31(26)23-16-27(17-23)9-12-28-13-10-27/h3-8,11,18,21,23,26,28H,9-10,12-17,19-20H2,1-2H3. The van der Waals surface area contributed by atoms with Crippen molar-refractivity contribution >= 4 is 0 Å². The van der Waals surface area contributed by atoms with E-state index in [0.29, 0.717) is 17.4 Å². The number of piperazine rings is 1. The van der Waals surface area contributed by atoms with Gasteiger partial charge in [0.2, 0.25) is 0 Å². The average molecular weight is 419 g/mol. The van der Waals surface area contributed by atoms with Gasteiger partial charge in [0.1, 0.15) is 0 Å². The Morgan fingerprint density at radius 1 is 1.06 bits per heavy atom. The third-order valence-electron chi connectivity index (χ3n) is 8.08. The van der Waals surface area contributed by atoms with Crippen LogP contribution in [0.4, 0.5) is 0 Å². The molecule has 3 aliphatic rings. The van der Waals surface area contributed by atoms with Gasteiger partial charge in [0.25, 0.3) is 0 Å². The monoisotopic (exact) mass is 418 g/mol. The molecule has 2 aliphatic heterocycles. The summed E-state index contributed by atoms with van der Waals surface area (Å²) < 4.78 is 0. The first-order valence-corrected chi connectivity index (χ1v) is 12.3. The van der Waals surface area contributed by atoms with Crippen LogP contribution in [0, 0.1) is 5.41 Å². The quantitative estimate of drug-likeness (QED) is 0.769. The first kappa shape index (κ1) is 21.1. The number of aromatic nitrogens is 1. The van der Waals surface area contributed by atoms with E-state index >= 15 is 0 Å². The Balaban J connectivity index is 1.37. The fourth-order valence-electron chi connectivity index (χ4n) is 6.34. The number of hydrogen-bond donors (Lipinski definition) is 1. The Labute approximate surface area is 188 Å². The first-order chi connectivity index (χ1) is 15.1. The van der Waals surface area contributed by atoms with Crippen molar-refractivity contribution in [3.8, 4) is 0 Å². The number of hydrogen-bond acceptors (Lipinski definition) is 4. The first-order valence-electron chi connectivity index (χ1n) is 12.3. The molecule has 0 amide bonds. The summed E-state index contributed by atoms with van der Waals surface area (Å²) in [5.41, 5.74) is 5.03. The molecule has 1 unspecified atom stereocenters. The Bertz CT molecular complexity index is 851. The van der Waals surface area contributed by atoms with Crippen LogP contribution >= 0.6 is 0 Å². The number of benzene rings is 1. The van der Waals surface area contributed by atoms with E-state index in [4.69, 9.17) is 0 Å². The third kappa shape index (κ3) is 4.44. The van der Waals surface area contributed by atoms with Crippen LogP contribution < -0.4 is 5.32 Å². The van der Waals surface area contributed by atoms with E-state index in [9.17, 15) is 0 Å². The van der Waals surface area contributed by atoms with Crippen LogP contribution in [0.25, 0.3) is 0 Å². The van der Waals surface area contributed by atoms with Crippen LogP contribution in [0.1, 0.15) is 68.2 Å². The number of pyridine rings is 1. The summed E-state index contributed by atoms with van der Waals surface area (Å²) >= 11 is 0. The highest BCUT2D eigenvalue weighted by atomic mass is 15.3. The highest BCUT2D eigenvalue weighted by Crippen LogP contribution is 2.52. The summed E-state index contributed by atoms with van der Waals surface area (Å²) in [4.78, 5) is 9.87. The Hall–Kier alpha value is -1.75. The highest BCUT2D eigenvalue weighted by molar-refractivity contribution is 5.33. The molecule has 1 N–H and O–H groups in total. The predicted octanol–water partition coefficient (Wildman–Crippen LogP) is 4.60. The Morgan fingerprint density at radius 3 is 2.61 bits per heavy atom. The smallest absolute Gasteiger partial charge is 0.0481 e. The van der Waals surface area contributed by atoms with Crippen LogP contribution in [-0.2, 0) is 6.54 Å². The second kappa shape index (κ2) is 9.01. The Morgan fingerprint density at radius 2 is 1.87 bits per heavy atom. The van der Waals surface area contributed by atoms with Crippen LogP contribution in [-0.4, -0.2) is 53.5 Å². The molecule has 4 heteroatoms. The zero-order valence-corrected chi connectivity index (χ0v) is 19.3. The topological polar surface area (TPSA) is 31.4 Å². The molecule has 0 bridgehead atoms. The van der Waals surface area contributed by atoms with Crippen molar-refractivity contribution in [3.05, 3.63) is 65.5 Å². The summed E-state index contributed by atoms with van der Waals surface area (Å²) in [6, 6.07) is 14.7. The highest BCUT2D eigenvalue weighted by Gasteiger charge is 2.49. The van der Waals surface area contributed by atoms with E-state index in [0.717, 1.165) is 25.7 Å². The molecule has 4 nitrogen and oxygen atoms in total. The minimum Gasteiger partial charge on any atom is -0.317 e. The van der Waals surface area contributed by atoms with E-state index in [1.54, 1.807) is 5.56 Å². The summed E-state index contributed by atoms with van der Waals surface area (Å²) in [6.07, 6.45) is 9.44. The average Bonchev–Trinajstić information content (AvgIpc) is 2.79. The van der Waals surface area contributed by atoms with Crippen molar-refractivity contribution in [1.82, 2.24) is 20.1 Å². The third-order valence-corrected chi connectivity index (χ3v) is 8.08. The van der Waals surface area contributed by atoms with Gasteiger partial charge in [0, 0.05) is 50.7 Å². The lowest BCUT2D eigenvalue weighted by atomic mass is 9.60. The minimum absolute atomic E-state index is 0.494. The number of piperidine rings is 1. The number of nitrogens with zero attached hydrogens (tertiary/aromatic N) is 3. The molecule has 1 aliphatic carbocycles. The summed E-state index contributed by atoms with van der Waals surface area (Å²) in [5.74, 6) is 0.559. The van der Waals surface area contributed by atoms with Gasteiger partial charge < -0.3 is 5.32 Å². The predicted molar refractivity (Wildman–Crippen MR) is 127 cm³/mol. The molecule has 2 saturated heterocycles. The van der Waals surface area contributed by atoms with Crippen molar-refractivity contribution in [2.45, 2.75) is 64.1 Å². The van der Waals surface area contributed by atoms with Crippen molar-refractivity contribution in [2.24, 2.45) is 5.41 Å². The van der Waals surface area contributed by atoms with Gasteiger partial charge in [-0.3, -0.25) is 14.8 Å². The van der Waals surface area contributed by atoms with Gasteiger partial charge >= 0.3 is 0 Å². The normalized spacial score (nSPS) is 25.1. The second-order valence-electron chi connectivity index (χ2n) is 10.4. The summed E-state index contributed by atoms with van der Waals surface area (Å²) in [6.45, 7) is 11.6. The van der Waals surface area contributed by atoms with Gasteiger partial charge in [-0.25, -0.2) is 0 Å². The van der Waals surface area contributed by atoms with Crippen LogP contribution in [0.3, 0.4) is 0 Å². The summed E-state index contributed by atoms with van der Waals surface area (Å²) in [5, 5.41) is 3.56. The maximum Gasteiger partial charge on any atom is 0.0481 e. The molecule has 1 aromatic carbocycles. The van der Waals surface area contributed by atoms with E-state index in [-0.39, 0.29) is 0 Å². The molecule has 166 valence electrons. The van der Waals surface area contributed by atoms with Gasteiger partial charge in [-0.1, -0.05) is 44.2 Å². The van der Waals surface area contributed by atoms with Crippen LogP contribution in [0.5, 0.6) is 0 Å². The van der Waals surface area contributed by atoms with Gasteiger partial charge in [-0.2, -0.15) is 0 Å². The molecule has 31 heavy (non-hydrogen) atoms. The fourth-order valence-corrected chi connectivity index (χ4v) is 6.34. The number of rotatable bonds is 5.